The molecular weight excluding hydrogens is 311 g/mol. The number of esters is 1. The summed E-state index contributed by atoms with van der Waals surface area (Å²) in [5.41, 5.74) is 2.37. The van der Waals surface area contributed by atoms with Crippen LogP contribution in [0.5, 0.6) is 0 Å². The van der Waals surface area contributed by atoms with Gasteiger partial charge in [0.15, 0.2) is 0 Å². The van der Waals surface area contributed by atoms with Crippen molar-refractivity contribution >= 4 is 11.7 Å². The summed E-state index contributed by atoms with van der Waals surface area (Å²) in [4.78, 5) is 11.4. The second kappa shape index (κ2) is 6.74. The van der Waals surface area contributed by atoms with Crippen molar-refractivity contribution in [2.24, 2.45) is 0 Å². The van der Waals surface area contributed by atoms with Gasteiger partial charge in [0.1, 0.15) is 0 Å². The summed E-state index contributed by atoms with van der Waals surface area (Å²) in [5.74, 6) is -0.507. The van der Waals surface area contributed by atoms with Crippen LogP contribution in [-0.4, -0.2) is 17.1 Å². The molecule has 0 saturated carbocycles. The average molecular weight is 327 g/mol. The first-order chi connectivity index (χ1) is 10.8. The molecule has 0 radical (unpaired) electrons. The molecule has 124 valence electrons. The second-order valence-electron chi connectivity index (χ2n) is 5.02. The molecule has 0 spiro atoms. The van der Waals surface area contributed by atoms with Crippen molar-refractivity contribution in [2.75, 3.05) is 5.01 Å². The number of hydrogen-bond donors (Lipinski definition) is 1. The van der Waals surface area contributed by atoms with Crippen molar-refractivity contribution in [2.45, 2.75) is 26.1 Å². The number of anilines is 1. The lowest BCUT2D eigenvalue weighted by Gasteiger charge is -2.20. The monoisotopic (exact) mass is 327 g/mol. The summed E-state index contributed by atoms with van der Waals surface area (Å²) in [7, 11) is 0. The van der Waals surface area contributed by atoms with E-state index in [0.717, 1.165) is 12.1 Å². The highest BCUT2D eigenvalue weighted by Crippen LogP contribution is 2.31. The van der Waals surface area contributed by atoms with Crippen molar-refractivity contribution in [3.63, 3.8) is 0 Å². The molecule has 0 bridgehead atoms. The first-order valence-electron chi connectivity index (χ1n) is 6.84. The van der Waals surface area contributed by atoms with Gasteiger partial charge in [-0.05, 0) is 32.0 Å². The van der Waals surface area contributed by atoms with Crippen molar-refractivity contribution in [1.29, 1.82) is 0 Å². The van der Waals surface area contributed by atoms with Crippen LogP contribution in [-0.2, 0) is 15.7 Å². The largest absolute Gasteiger partial charge is 0.460 e. The predicted octanol–water partition coefficient (Wildman–Crippen LogP) is 3.18. The summed E-state index contributed by atoms with van der Waals surface area (Å²) < 4.78 is 43.1. The normalized spacial score (nSPS) is 15.0. The Morgan fingerprint density at radius 3 is 2.70 bits per heavy atom. The quantitative estimate of drug-likeness (QED) is 0.680. The fourth-order valence-electron chi connectivity index (χ4n) is 1.80. The Labute approximate surface area is 131 Å². The highest BCUT2D eigenvalue weighted by molar-refractivity contribution is 5.81. The van der Waals surface area contributed by atoms with Crippen LogP contribution in [0.25, 0.3) is 0 Å². The molecule has 1 heterocycles. The van der Waals surface area contributed by atoms with Gasteiger partial charge in [0, 0.05) is 24.7 Å². The Kier molecular flexibility index (Phi) is 4.95. The molecule has 1 aliphatic rings. The number of hydrogen-bond acceptors (Lipinski definition) is 5. The molecule has 0 amide bonds. The Balaban J connectivity index is 2.00. The zero-order valence-corrected chi connectivity index (χ0v) is 12.5. The maximum absolute atomic E-state index is 12.7. The van der Waals surface area contributed by atoms with Crippen molar-refractivity contribution < 1.29 is 22.7 Å². The molecule has 0 fully saturated rings. The Hall–Kier alpha value is -2.48. The van der Waals surface area contributed by atoms with E-state index in [2.05, 4.69) is 5.53 Å². The van der Waals surface area contributed by atoms with Gasteiger partial charge in [-0.15, -0.1) is 5.53 Å². The van der Waals surface area contributed by atoms with E-state index in [0.29, 0.717) is 5.69 Å². The fraction of sp³-hybridized carbons (Fsp3) is 0.267. The number of carbonyl (C=O) groups excluding carboxylic acids is 1. The highest BCUT2D eigenvalue weighted by atomic mass is 19.4. The lowest BCUT2D eigenvalue weighted by atomic mass is 10.2. The van der Waals surface area contributed by atoms with Gasteiger partial charge in [-0.2, -0.15) is 13.2 Å². The fourth-order valence-corrected chi connectivity index (χ4v) is 1.80. The molecule has 1 aromatic rings. The topological polar surface area (TPSA) is 44.8 Å². The van der Waals surface area contributed by atoms with Crippen LogP contribution in [0.2, 0.25) is 0 Å². The minimum absolute atomic E-state index is 0.226. The maximum atomic E-state index is 12.7. The summed E-state index contributed by atoms with van der Waals surface area (Å²) >= 11 is 0. The lowest BCUT2D eigenvalue weighted by Crippen LogP contribution is -2.36. The summed E-state index contributed by atoms with van der Waals surface area (Å²) in [6.45, 7) is 3.46. The minimum Gasteiger partial charge on any atom is -0.460 e. The van der Waals surface area contributed by atoms with E-state index < -0.39 is 17.7 Å². The Morgan fingerprint density at radius 1 is 1.30 bits per heavy atom. The van der Waals surface area contributed by atoms with Crippen LogP contribution in [0, 0.1) is 0 Å². The summed E-state index contributed by atoms with van der Waals surface area (Å²) in [6.07, 6.45) is 1.09. The van der Waals surface area contributed by atoms with Gasteiger partial charge in [0.05, 0.1) is 17.4 Å². The predicted molar refractivity (Wildman–Crippen MR) is 78.4 cm³/mol. The van der Waals surface area contributed by atoms with Gasteiger partial charge in [0.2, 0.25) is 0 Å². The molecule has 2 rings (SSSR count). The molecule has 5 nitrogen and oxygen atoms in total. The zero-order chi connectivity index (χ0) is 17.0. The van der Waals surface area contributed by atoms with E-state index in [1.807, 2.05) is 0 Å². The van der Waals surface area contributed by atoms with Crippen LogP contribution < -0.4 is 10.5 Å². The minimum atomic E-state index is -4.40. The number of nitrogens with zero attached hydrogens (tertiary/aromatic N) is 2. The number of ether oxygens (including phenoxy) is 1. The molecule has 0 unspecified atom stereocenters. The summed E-state index contributed by atoms with van der Waals surface area (Å²) in [5, 5.41) is 2.81. The van der Waals surface area contributed by atoms with Gasteiger partial charge >= 0.3 is 12.1 Å². The number of hydrazine groups is 2. The molecule has 0 aromatic heterocycles. The first-order valence-corrected chi connectivity index (χ1v) is 6.84. The van der Waals surface area contributed by atoms with Crippen molar-refractivity contribution in [3.8, 4) is 0 Å². The average Bonchev–Trinajstić information content (AvgIpc) is 2.92. The number of rotatable bonds is 4. The molecule has 1 aliphatic heterocycles. The molecule has 0 saturated heterocycles. The van der Waals surface area contributed by atoms with E-state index in [4.69, 9.17) is 4.74 Å². The van der Waals surface area contributed by atoms with Gasteiger partial charge in [0.25, 0.3) is 0 Å². The highest BCUT2D eigenvalue weighted by Gasteiger charge is 2.31. The molecule has 23 heavy (non-hydrogen) atoms. The van der Waals surface area contributed by atoms with E-state index in [9.17, 15) is 18.0 Å². The molecule has 1 aromatic carbocycles. The molecular formula is C15H16F3N3O2. The number of benzene rings is 1. The van der Waals surface area contributed by atoms with Gasteiger partial charge < -0.3 is 4.74 Å². The molecule has 8 heteroatoms. The smallest absolute Gasteiger partial charge is 0.416 e. The Morgan fingerprint density at radius 2 is 2.04 bits per heavy atom. The zero-order valence-electron chi connectivity index (χ0n) is 12.5. The third-order valence-corrected chi connectivity index (χ3v) is 2.77. The SMILES string of the molecule is CC(C)OC(=O)/C=C\N1C=CN(c2cccc(C(F)(F)F)c2)N1. The van der Waals surface area contributed by atoms with Crippen LogP contribution in [0.3, 0.4) is 0 Å². The van der Waals surface area contributed by atoms with Crippen LogP contribution in [0.15, 0.2) is 48.9 Å². The van der Waals surface area contributed by atoms with E-state index in [1.165, 1.54) is 40.6 Å². The molecule has 0 atom stereocenters. The standard InChI is InChI=1S/C15H16F3N3O2/c1-11(2)23-14(22)6-7-20-8-9-21(19-20)13-5-3-4-12(10-13)15(16,17)18/h3-11,19H,1-2H3/b7-6-. The third-order valence-electron chi connectivity index (χ3n) is 2.77. The van der Waals surface area contributed by atoms with E-state index >= 15 is 0 Å². The van der Waals surface area contributed by atoms with Gasteiger partial charge in [-0.3, -0.25) is 10.0 Å². The van der Waals surface area contributed by atoms with Crippen molar-refractivity contribution in [1.82, 2.24) is 10.5 Å². The van der Waals surface area contributed by atoms with E-state index in [1.54, 1.807) is 20.0 Å². The molecule has 0 aliphatic carbocycles. The maximum Gasteiger partial charge on any atom is 0.416 e. The van der Waals surface area contributed by atoms with Crippen LogP contribution >= 0.6 is 0 Å². The van der Waals surface area contributed by atoms with Gasteiger partial charge in [-0.25, -0.2) is 4.79 Å². The van der Waals surface area contributed by atoms with Crippen molar-refractivity contribution in [3.05, 3.63) is 54.5 Å². The lowest BCUT2D eigenvalue weighted by molar-refractivity contribution is -0.141. The second-order valence-corrected chi connectivity index (χ2v) is 5.02. The number of nitrogens with one attached hydrogen (secondary N) is 1. The van der Waals surface area contributed by atoms with Crippen LogP contribution in [0.4, 0.5) is 18.9 Å². The van der Waals surface area contributed by atoms with Crippen LogP contribution in [0.1, 0.15) is 19.4 Å². The molecule has 1 N–H and O–H groups in total. The third kappa shape index (κ3) is 4.75. The number of alkyl halides is 3. The summed E-state index contributed by atoms with van der Waals surface area (Å²) in [6, 6.07) is 4.89. The van der Waals surface area contributed by atoms with Gasteiger partial charge in [-0.1, -0.05) is 6.07 Å². The first kappa shape index (κ1) is 16.9. The Bertz CT molecular complexity index is 627. The number of halogens is 3. The number of carbonyl (C=O) groups is 1. The van der Waals surface area contributed by atoms with E-state index in [-0.39, 0.29) is 6.10 Å².